The molecule has 147 heavy (non-hydrogen) atoms. The number of likely N-dealkylation sites (tertiary alicyclic amines) is 3. The van der Waals surface area contributed by atoms with Gasteiger partial charge >= 0.3 is 64.5 Å². The van der Waals surface area contributed by atoms with Gasteiger partial charge in [0.1, 0.15) is 53.1 Å². The molecule has 0 bridgehead atoms. The summed E-state index contributed by atoms with van der Waals surface area (Å²) in [7, 11) is -2.36. The van der Waals surface area contributed by atoms with Crippen LogP contribution < -0.4 is 38.1 Å². The van der Waals surface area contributed by atoms with Crippen molar-refractivity contribution in [2.45, 2.75) is 490 Å². The van der Waals surface area contributed by atoms with Crippen LogP contribution in [0.3, 0.4) is 0 Å². The minimum atomic E-state index is -1.46. The molecule has 828 valence electrons. The predicted molar refractivity (Wildman–Crippen MR) is 566 cm³/mol. The van der Waals surface area contributed by atoms with Gasteiger partial charge < -0.3 is 120 Å². The number of carboxylic acids is 2. The average Bonchev–Trinajstić information content (AvgIpc) is 1.76. The van der Waals surface area contributed by atoms with Crippen LogP contribution in [0.4, 0.5) is 9.59 Å². The van der Waals surface area contributed by atoms with Crippen LogP contribution in [0, 0.1) is 23.2 Å². The fourth-order valence-corrected chi connectivity index (χ4v) is 20.2. The van der Waals surface area contributed by atoms with Crippen molar-refractivity contribution >= 4 is 100.0 Å². The molecule has 6 saturated heterocycles. The summed E-state index contributed by atoms with van der Waals surface area (Å²) in [5.41, 5.74) is 5.46. The minimum absolute atomic E-state index is 0.0635. The van der Waals surface area contributed by atoms with E-state index in [0.29, 0.717) is 128 Å². The maximum absolute atomic E-state index is 14.2. The Morgan fingerprint density at radius 2 is 0.769 bits per heavy atom. The molecular formula is C107H182B4N10O26. The fraction of sp³-hybridized carbons (Fsp3) is 0.776. The number of piperidine rings is 3. The number of esters is 2. The highest BCUT2D eigenvalue weighted by atomic mass is 16.7. The predicted octanol–water partition coefficient (Wildman–Crippen LogP) is 14.8. The van der Waals surface area contributed by atoms with Crippen molar-refractivity contribution < 1.29 is 125 Å². The first-order valence-electron chi connectivity index (χ1n) is 53.8. The zero-order valence-corrected chi connectivity index (χ0v) is 93.7. The van der Waals surface area contributed by atoms with Gasteiger partial charge in [0, 0.05) is 77.4 Å². The number of benzene rings is 2. The van der Waals surface area contributed by atoms with Gasteiger partial charge in [0.25, 0.3) is 0 Å². The topological polar surface area (TPSA) is 500 Å². The van der Waals surface area contributed by atoms with Gasteiger partial charge in [-0.3, -0.25) is 33.6 Å². The Kier molecular flexibility index (Phi) is 47.8. The third-order valence-corrected chi connectivity index (χ3v) is 31.5. The monoisotopic (exact) mass is 2070 g/mol. The number of ether oxygens (including phenoxy) is 4. The molecule has 36 nitrogen and oxygen atoms in total. The van der Waals surface area contributed by atoms with Gasteiger partial charge in [-0.1, -0.05) is 179 Å². The molecule has 14 atom stereocenters. The third-order valence-electron chi connectivity index (χ3n) is 31.5. The molecule has 7 aliphatic rings. The van der Waals surface area contributed by atoms with Crippen LogP contribution in [0.2, 0.25) is 25.3 Å². The maximum Gasteiger partial charge on any atom is 0.457 e. The van der Waals surface area contributed by atoms with E-state index in [9.17, 15) is 67.7 Å². The normalized spacial score (nSPS) is 24.9. The number of alkyl carbamates (subject to hydrolysis) is 2. The Bertz CT molecular complexity index is 4560. The lowest BCUT2D eigenvalue weighted by molar-refractivity contribution is -0.170. The molecule has 2 aromatic carbocycles. The van der Waals surface area contributed by atoms with Gasteiger partial charge in [-0.25, -0.2) is 24.0 Å². The zero-order valence-electron chi connectivity index (χ0n) is 93.7. The van der Waals surface area contributed by atoms with Crippen LogP contribution in [0.5, 0.6) is 0 Å². The number of hydrogen-bond donors (Lipinski definition) is 11. The number of hydrogen-bond acceptors (Lipinski definition) is 26. The van der Waals surface area contributed by atoms with Crippen LogP contribution >= 0.6 is 0 Å². The molecule has 13 N–H and O–H groups in total. The summed E-state index contributed by atoms with van der Waals surface area (Å²) >= 11 is 0. The van der Waals surface area contributed by atoms with Crippen LogP contribution in [-0.4, -0.2) is 258 Å². The van der Waals surface area contributed by atoms with E-state index in [1.165, 1.54) is 25.7 Å². The highest BCUT2D eigenvalue weighted by Gasteiger charge is 2.58. The molecule has 40 heteroatoms. The molecular weight excluding hydrogens is 1880 g/mol. The van der Waals surface area contributed by atoms with Gasteiger partial charge in [0.2, 0.25) is 35.4 Å². The Morgan fingerprint density at radius 3 is 1.11 bits per heavy atom. The number of nitrogens with one attached hydrogen (secondary N) is 5. The number of nitrogens with two attached hydrogens (primary N) is 2. The van der Waals surface area contributed by atoms with Crippen LogP contribution in [-0.2, 0) is 108 Å². The molecule has 1 saturated carbocycles. The minimum Gasteiger partial charge on any atom is -0.481 e. The summed E-state index contributed by atoms with van der Waals surface area (Å²) in [4.78, 5) is 160. The van der Waals surface area contributed by atoms with Gasteiger partial charge in [-0.2, -0.15) is 0 Å². The quantitative estimate of drug-likeness (QED) is 0.0127. The van der Waals surface area contributed by atoms with E-state index in [1.807, 2.05) is 185 Å². The summed E-state index contributed by atoms with van der Waals surface area (Å²) < 4.78 is 59.1. The van der Waals surface area contributed by atoms with E-state index in [1.54, 1.807) is 51.3 Å². The first kappa shape index (κ1) is 127. The van der Waals surface area contributed by atoms with Gasteiger partial charge in [0.05, 0.1) is 45.1 Å². The number of nitrogens with zero attached hydrogens (tertiary/aromatic N) is 3. The van der Waals surface area contributed by atoms with Crippen molar-refractivity contribution in [3.05, 3.63) is 71.8 Å². The van der Waals surface area contributed by atoms with E-state index in [-0.39, 0.29) is 150 Å². The number of carbonyl (C=O) groups excluding carboxylic acids is 10. The van der Waals surface area contributed by atoms with Crippen molar-refractivity contribution in [1.29, 1.82) is 0 Å². The highest BCUT2D eigenvalue weighted by Crippen LogP contribution is 2.46. The first-order valence-corrected chi connectivity index (χ1v) is 53.8. The molecule has 7 fully saturated rings. The number of rotatable bonds is 42. The summed E-state index contributed by atoms with van der Waals surface area (Å²) in [6, 6.07) is 15.5. The molecule has 6 heterocycles. The second-order valence-electron chi connectivity index (χ2n) is 47.0. The molecule has 0 radical (unpaired) electrons. The fourth-order valence-electron chi connectivity index (χ4n) is 20.2. The van der Waals surface area contributed by atoms with Crippen LogP contribution in [0.1, 0.15) is 359 Å². The van der Waals surface area contributed by atoms with Gasteiger partial charge in [-0.05, 0) is 249 Å². The lowest BCUT2D eigenvalue weighted by Crippen LogP contribution is -2.65. The molecule has 9 rings (SSSR count). The second kappa shape index (κ2) is 55.2. The SMILES string of the molecule is CC(=O)N1CC[C@H](N)C[C@]1(CCCCB1OC(C)(C)C(C)(C)O1)C(=O)OCc1ccccc1.CC[C@H](C)[C@H](N)C(=O)N[C@H]1CCC[C@@](CCCCB(O)O)(C(=O)O)C1.CC[C@H](C)[C@H](NC(=O)OC(C)(C)C)C(=O)N[C@H]1CCN(C(C)=O)[C@@](CCCCB2OC(C)(C)C(C)(C)O2)(C(=O)O)C1.CC[C@H](C)[C@H](NC(=O)OC(C)(C)C)C(=O)N[C@H]1CCN(C(C)=O)[C@@](CCCCB2OC(C)(C)C(C)(C)O2)(C(=O)OCc2ccccc2)C1. The van der Waals surface area contributed by atoms with E-state index in [4.69, 9.17) is 68.4 Å². The molecule has 2 aromatic rings. The summed E-state index contributed by atoms with van der Waals surface area (Å²) in [5, 5.41) is 52.4. The zero-order chi connectivity index (χ0) is 111. The standard InChI is InChI=1S/C36H58BN3O8.C29H52BN3O8.C25H39BN2O5.C17H33BN2O5/c1-11-25(2)29(39-32(44)46-33(4,5)6)30(42)38-28-19-22-40(26(3)41)36(23-28,31(43)45-24-27-17-13-12-14-18-27)20-15-16-21-37-47-34(7,8)35(9,10)48-37;1-11-19(2)22(32-25(38)39-26(4,5)6)23(35)31-21-14-17-33(20(3)34)29(18-21,24(36)37)15-12-13-16-30-40-27(7,8)28(9,10)41-30;1-19(29)28-16-13-21(27)17-25(28,22(30)31-18-20-11-7-6-8-12-20)14-9-10-15-26-32-23(2,3)24(4,5)33-26;1-3-12(2)14(19)15(21)20-13-7-6-9-17(11-13,16(22)23)8-4-5-10-18(24)25/h12-14,17-18,25,28-29H,11,15-16,19-24H2,1-10H3,(H,38,42)(H,39,44);19,21-22H,11-18H2,1-10H3,(H,31,35)(H,32,38)(H,36,37);6-8,11-12,21H,9-10,13-18,27H2,1-5H3;12-14,24-25H,3-11,19H2,1-2H3,(H,20,21)(H,22,23)/t25-,28-,29-,36+;19-,21-,22-,29+;21-,25+;12-,13-,14-,17+/m0000/s1. The van der Waals surface area contributed by atoms with E-state index >= 15 is 0 Å². The first-order chi connectivity index (χ1) is 68.2. The Morgan fingerprint density at radius 1 is 0.442 bits per heavy atom. The van der Waals surface area contributed by atoms with Crippen LogP contribution in [0.15, 0.2) is 60.7 Å². The number of aliphatic carboxylic acids is 2. The summed E-state index contributed by atoms with van der Waals surface area (Å²) in [6.07, 6.45) is 14.5. The Hall–Kier alpha value is -8.46. The summed E-state index contributed by atoms with van der Waals surface area (Å²) in [6.45, 7) is 51.8. The number of amides is 8. The largest absolute Gasteiger partial charge is 0.481 e. The molecule has 0 aromatic heterocycles. The third kappa shape index (κ3) is 36.7. The molecule has 0 spiro atoms. The number of carbonyl (C=O) groups is 12. The summed E-state index contributed by atoms with van der Waals surface area (Å²) in [5.74, 6) is -4.69. The van der Waals surface area contributed by atoms with Crippen molar-refractivity contribution in [3.8, 4) is 0 Å². The maximum atomic E-state index is 14.2. The second-order valence-corrected chi connectivity index (χ2v) is 47.0. The van der Waals surface area contributed by atoms with E-state index in [2.05, 4.69) is 26.6 Å². The van der Waals surface area contributed by atoms with Crippen molar-refractivity contribution in [3.63, 3.8) is 0 Å². The molecule has 1 aliphatic carbocycles. The van der Waals surface area contributed by atoms with Gasteiger partial charge in [0.15, 0.2) is 0 Å². The lowest BCUT2D eigenvalue weighted by atomic mass is 9.68. The van der Waals surface area contributed by atoms with Crippen LogP contribution in [0.25, 0.3) is 0 Å². The molecule has 8 amide bonds. The Labute approximate surface area is 877 Å². The molecule has 6 aliphatic heterocycles. The highest BCUT2D eigenvalue weighted by molar-refractivity contribution is 6.46. The van der Waals surface area contributed by atoms with Crippen molar-refractivity contribution in [2.24, 2.45) is 34.6 Å². The lowest BCUT2D eigenvalue weighted by Gasteiger charge is -2.48. The van der Waals surface area contributed by atoms with E-state index in [0.717, 1.165) is 49.6 Å². The Balaban J connectivity index is 0.000000307. The van der Waals surface area contributed by atoms with Crippen molar-refractivity contribution in [2.75, 3.05) is 19.6 Å². The average molecular weight is 2070 g/mol. The smallest absolute Gasteiger partial charge is 0.457 e. The van der Waals surface area contributed by atoms with Crippen molar-refractivity contribution in [1.82, 2.24) is 41.3 Å². The number of unbranched alkanes of at least 4 members (excludes halogenated alkanes) is 4. The van der Waals surface area contributed by atoms with E-state index < -0.39 is 129 Å². The molecule has 0 unspecified atom stereocenters. The number of carboxylic acid groups (broad SMARTS) is 2. The van der Waals surface area contributed by atoms with Gasteiger partial charge in [-0.15, -0.1) is 0 Å².